The number of aromatic amines is 1. The summed E-state index contributed by atoms with van der Waals surface area (Å²) >= 11 is 6.51. The number of hydrogen-bond acceptors (Lipinski definition) is 4. The van der Waals surface area contributed by atoms with Gasteiger partial charge in [0, 0.05) is 6.42 Å². The average Bonchev–Trinajstić information content (AvgIpc) is 2.27. The lowest BCUT2D eigenvalue weighted by molar-refractivity contribution is 0.697. The van der Waals surface area contributed by atoms with Crippen molar-refractivity contribution in [2.24, 2.45) is 10.7 Å². The lowest BCUT2D eigenvalue weighted by atomic mass is 10.3. The van der Waals surface area contributed by atoms with E-state index in [9.17, 15) is 0 Å². The Hall–Kier alpha value is -0.520. The van der Waals surface area contributed by atoms with Crippen molar-refractivity contribution < 1.29 is 0 Å². The van der Waals surface area contributed by atoms with Gasteiger partial charge < -0.3 is 10.7 Å². The molecule has 5 heteroatoms. The fourth-order valence-corrected chi connectivity index (χ4v) is 2.11. The zero-order chi connectivity index (χ0) is 7.84. The van der Waals surface area contributed by atoms with Crippen LogP contribution in [-0.4, -0.2) is 11.1 Å². The highest BCUT2D eigenvalue weighted by Crippen LogP contribution is 1.95. The molecule has 0 aromatic carbocycles. The number of aromatic nitrogens is 1. The second-order valence-corrected chi connectivity index (χ2v) is 4.08. The number of nitrogens with zero attached hydrogens (tertiary/aromatic N) is 1. The Morgan fingerprint density at radius 1 is 1.82 bits per heavy atom. The van der Waals surface area contributed by atoms with Crippen LogP contribution in [0.3, 0.4) is 0 Å². The van der Waals surface area contributed by atoms with Crippen molar-refractivity contribution in [3.8, 4) is 0 Å². The number of nitrogens with one attached hydrogen (secondary N) is 1. The third kappa shape index (κ3) is 1.26. The van der Waals surface area contributed by atoms with Crippen LogP contribution < -0.4 is 15.8 Å². The van der Waals surface area contributed by atoms with Crippen molar-refractivity contribution >= 4 is 29.6 Å². The Kier molecular flexibility index (Phi) is 1.63. The van der Waals surface area contributed by atoms with E-state index in [1.54, 1.807) is 11.3 Å². The van der Waals surface area contributed by atoms with E-state index in [4.69, 9.17) is 18.0 Å². The first-order valence-electron chi connectivity index (χ1n) is 3.28. The third-order valence-electron chi connectivity index (χ3n) is 1.50. The van der Waals surface area contributed by atoms with Crippen LogP contribution in [0.5, 0.6) is 0 Å². The summed E-state index contributed by atoms with van der Waals surface area (Å²) in [6.45, 7) is 0. The van der Waals surface area contributed by atoms with Crippen molar-refractivity contribution in [2.45, 2.75) is 12.6 Å². The van der Waals surface area contributed by atoms with Gasteiger partial charge in [0.05, 0.1) is 4.53 Å². The highest BCUT2D eigenvalue weighted by Gasteiger charge is 2.03. The molecule has 11 heavy (non-hydrogen) atoms. The van der Waals surface area contributed by atoms with Gasteiger partial charge in [-0.05, 0) is 12.2 Å². The minimum Gasteiger partial charge on any atom is -0.322 e. The molecule has 0 fully saturated rings. The van der Waals surface area contributed by atoms with Crippen LogP contribution in [0.15, 0.2) is 4.99 Å². The molecular weight excluding hydrogens is 178 g/mol. The predicted octanol–water partition coefficient (Wildman–Crippen LogP) is -0.106. The van der Waals surface area contributed by atoms with Crippen LogP contribution in [0.4, 0.5) is 0 Å². The van der Waals surface area contributed by atoms with Crippen molar-refractivity contribution in [3.63, 3.8) is 0 Å². The van der Waals surface area contributed by atoms with Gasteiger partial charge in [0.2, 0.25) is 0 Å². The van der Waals surface area contributed by atoms with E-state index >= 15 is 0 Å². The van der Waals surface area contributed by atoms with Crippen molar-refractivity contribution in [2.75, 3.05) is 0 Å². The molecule has 0 spiro atoms. The van der Waals surface area contributed by atoms with Crippen LogP contribution in [0.25, 0.3) is 6.08 Å². The Morgan fingerprint density at radius 3 is 3.45 bits per heavy atom. The molecule has 0 unspecified atom stereocenters. The molecule has 2 rings (SSSR count). The summed E-state index contributed by atoms with van der Waals surface area (Å²) < 4.78 is 1.89. The first-order valence-corrected chi connectivity index (χ1v) is 4.51. The molecule has 1 aliphatic rings. The van der Waals surface area contributed by atoms with Crippen LogP contribution in [0.2, 0.25) is 0 Å². The normalized spacial score (nSPS) is 21.7. The van der Waals surface area contributed by atoms with Crippen LogP contribution in [0.1, 0.15) is 6.42 Å². The smallest absolute Gasteiger partial charge is 0.160 e. The van der Waals surface area contributed by atoms with E-state index in [2.05, 4.69) is 16.1 Å². The fraction of sp³-hybridized carbons (Fsp3) is 0.333. The topological polar surface area (TPSA) is 54.2 Å². The van der Waals surface area contributed by atoms with E-state index in [1.807, 2.05) is 0 Å². The van der Waals surface area contributed by atoms with Crippen LogP contribution >= 0.6 is 23.6 Å². The zero-order valence-electron chi connectivity index (χ0n) is 5.70. The molecule has 0 radical (unpaired) electrons. The van der Waals surface area contributed by atoms with E-state index in [0.717, 1.165) is 20.4 Å². The fourth-order valence-electron chi connectivity index (χ4n) is 1.01. The van der Waals surface area contributed by atoms with Gasteiger partial charge in [0.1, 0.15) is 11.7 Å². The summed E-state index contributed by atoms with van der Waals surface area (Å²) in [5.74, 6) is 0. The van der Waals surface area contributed by atoms with E-state index < -0.39 is 0 Å². The number of hydrogen-bond donors (Lipinski definition) is 2. The van der Waals surface area contributed by atoms with Crippen molar-refractivity contribution in [3.05, 3.63) is 14.0 Å². The molecule has 3 N–H and O–H groups in total. The summed E-state index contributed by atoms with van der Waals surface area (Å²) in [4.78, 5) is 7.18. The third-order valence-corrected chi connectivity index (χ3v) is 2.72. The molecule has 1 atom stereocenters. The quantitative estimate of drug-likeness (QED) is 0.554. The largest absolute Gasteiger partial charge is 0.322 e. The molecule has 0 amide bonds. The summed E-state index contributed by atoms with van der Waals surface area (Å²) in [5.41, 5.74) is 6.46. The Bertz CT molecular complexity index is 427. The maximum Gasteiger partial charge on any atom is 0.160 e. The Labute approximate surface area is 72.3 Å². The maximum absolute atomic E-state index is 5.61. The summed E-state index contributed by atoms with van der Waals surface area (Å²) in [6.07, 6.45) is 2.79. The molecule has 1 aromatic heterocycles. The van der Waals surface area contributed by atoms with E-state index in [0.29, 0.717) is 0 Å². The molecule has 58 valence electrons. The van der Waals surface area contributed by atoms with Gasteiger partial charge in [-0.2, -0.15) is 0 Å². The average molecular weight is 185 g/mol. The second-order valence-electron chi connectivity index (χ2n) is 2.36. The highest BCUT2D eigenvalue weighted by molar-refractivity contribution is 7.73. The maximum atomic E-state index is 5.61. The summed E-state index contributed by atoms with van der Waals surface area (Å²) in [6, 6.07) is 0. The van der Waals surface area contributed by atoms with Gasteiger partial charge in [0.25, 0.3) is 0 Å². The van der Waals surface area contributed by atoms with Crippen molar-refractivity contribution in [1.29, 1.82) is 0 Å². The molecule has 2 heterocycles. The standard InChI is InChI=1S/C6H7N3S2/c7-4-2-1-3-5(8-4)9-6(10)11-3/h1,4H,2,7H2,(H,8,9,10)/t4-/m1/s1. The molecule has 3 nitrogen and oxygen atoms in total. The molecule has 0 bridgehead atoms. The summed E-state index contributed by atoms with van der Waals surface area (Å²) in [5, 5.41) is 0. The van der Waals surface area contributed by atoms with Gasteiger partial charge in [-0.15, -0.1) is 11.3 Å². The van der Waals surface area contributed by atoms with Crippen LogP contribution in [-0.2, 0) is 0 Å². The number of fused-ring (bicyclic) bond motifs is 1. The molecule has 0 aliphatic carbocycles. The van der Waals surface area contributed by atoms with Gasteiger partial charge in [-0.25, -0.2) is 4.99 Å². The Morgan fingerprint density at radius 2 is 2.64 bits per heavy atom. The van der Waals surface area contributed by atoms with E-state index in [1.165, 1.54) is 0 Å². The number of rotatable bonds is 0. The Balaban J connectivity index is 2.82. The van der Waals surface area contributed by atoms with Gasteiger partial charge in [-0.3, -0.25) is 0 Å². The molecular formula is C6H7N3S2. The van der Waals surface area contributed by atoms with Gasteiger partial charge in [-0.1, -0.05) is 6.08 Å². The highest BCUT2D eigenvalue weighted by atomic mass is 32.1. The monoisotopic (exact) mass is 185 g/mol. The minimum atomic E-state index is -0.0947. The molecule has 0 saturated carbocycles. The molecule has 0 saturated heterocycles. The number of H-pyrrole nitrogens is 1. The number of thiazole rings is 1. The van der Waals surface area contributed by atoms with Gasteiger partial charge in [0.15, 0.2) is 3.95 Å². The first kappa shape index (κ1) is 7.15. The van der Waals surface area contributed by atoms with Crippen LogP contribution in [0, 0.1) is 3.95 Å². The SMILES string of the molecule is N[C@H]1CC=c2sc(=S)[nH]c2=N1. The minimum absolute atomic E-state index is 0.0947. The predicted molar refractivity (Wildman–Crippen MR) is 47.3 cm³/mol. The lowest BCUT2D eigenvalue weighted by Gasteiger charge is -2.02. The molecule has 1 aliphatic heterocycles. The van der Waals surface area contributed by atoms with E-state index in [-0.39, 0.29) is 6.17 Å². The number of nitrogens with two attached hydrogens (primary N) is 1. The lowest BCUT2D eigenvalue weighted by Crippen LogP contribution is -2.32. The van der Waals surface area contributed by atoms with Crippen molar-refractivity contribution in [1.82, 2.24) is 4.98 Å². The van der Waals surface area contributed by atoms with Gasteiger partial charge >= 0.3 is 0 Å². The molecule has 1 aromatic rings. The zero-order valence-corrected chi connectivity index (χ0v) is 7.34. The second kappa shape index (κ2) is 2.51. The first-order chi connectivity index (χ1) is 5.25. The summed E-state index contributed by atoms with van der Waals surface area (Å²) in [7, 11) is 0.